The first-order chi connectivity index (χ1) is 15.4. The van der Waals surface area contributed by atoms with E-state index in [9.17, 15) is 14.4 Å². The minimum absolute atomic E-state index is 0.00673. The number of carbonyl (C=O) groups excluding carboxylic acids is 3. The first-order valence-corrected chi connectivity index (χ1v) is 12.4. The summed E-state index contributed by atoms with van der Waals surface area (Å²) < 4.78 is 0. The fourth-order valence-corrected chi connectivity index (χ4v) is 6.09. The van der Waals surface area contributed by atoms with E-state index in [0.29, 0.717) is 0 Å². The Kier molecular flexibility index (Phi) is 7.07. The molecular weight excluding hydrogens is 426 g/mol. The van der Waals surface area contributed by atoms with E-state index in [0.717, 1.165) is 36.8 Å². The van der Waals surface area contributed by atoms with Crippen LogP contribution in [0.25, 0.3) is 0 Å². The van der Waals surface area contributed by atoms with Crippen molar-refractivity contribution in [1.29, 1.82) is 0 Å². The number of thioether (sulfide) groups is 1. The van der Waals surface area contributed by atoms with Crippen LogP contribution < -0.4 is 16.0 Å². The molecule has 8 nitrogen and oxygen atoms in total. The second kappa shape index (κ2) is 9.80. The molecule has 174 valence electrons. The lowest BCUT2D eigenvalue weighted by Gasteiger charge is -2.50. The molecule has 0 spiro atoms. The lowest BCUT2D eigenvalue weighted by molar-refractivity contribution is -0.140. The third-order valence-corrected chi connectivity index (χ3v) is 8.04. The van der Waals surface area contributed by atoms with Crippen LogP contribution in [0.15, 0.2) is 24.3 Å². The van der Waals surface area contributed by atoms with Gasteiger partial charge in [-0.1, -0.05) is 43.5 Å². The topological polar surface area (TPSA) is 93.8 Å². The van der Waals surface area contributed by atoms with Crippen LogP contribution in [0.4, 0.5) is 4.79 Å². The molecule has 3 aliphatic rings. The van der Waals surface area contributed by atoms with Gasteiger partial charge in [0, 0.05) is 20.1 Å². The van der Waals surface area contributed by atoms with Crippen molar-refractivity contribution in [3.05, 3.63) is 35.4 Å². The summed E-state index contributed by atoms with van der Waals surface area (Å²) >= 11 is 1.44. The number of hydrogen-bond donors (Lipinski definition) is 3. The van der Waals surface area contributed by atoms with Gasteiger partial charge in [-0.3, -0.25) is 25.1 Å². The van der Waals surface area contributed by atoms with Crippen LogP contribution in [-0.2, 0) is 9.59 Å². The highest BCUT2D eigenvalue weighted by Gasteiger charge is 2.51. The Balaban J connectivity index is 1.51. The predicted molar refractivity (Wildman–Crippen MR) is 125 cm³/mol. The van der Waals surface area contributed by atoms with Gasteiger partial charge in [0.2, 0.25) is 11.8 Å². The largest absolute Gasteiger partial charge is 0.353 e. The Morgan fingerprint density at radius 1 is 1.12 bits per heavy atom. The molecule has 0 radical (unpaired) electrons. The number of urea groups is 1. The van der Waals surface area contributed by atoms with Gasteiger partial charge in [0.25, 0.3) is 0 Å². The molecule has 3 N–H and O–H groups in total. The number of benzene rings is 1. The van der Waals surface area contributed by atoms with Gasteiger partial charge in [-0.15, -0.1) is 11.8 Å². The van der Waals surface area contributed by atoms with Crippen LogP contribution in [0, 0.1) is 12.8 Å². The zero-order valence-electron chi connectivity index (χ0n) is 19.0. The van der Waals surface area contributed by atoms with Gasteiger partial charge in [0.05, 0.1) is 29.4 Å². The Morgan fingerprint density at radius 3 is 2.56 bits per heavy atom. The SMILES string of the molecule is Cc1ccccc1C1NC(SCC(=O)NC2CCCCC2)C2C(=O)N(C)C(=O)N(C)C2N1. The molecule has 2 aliphatic heterocycles. The fourth-order valence-electron chi connectivity index (χ4n) is 4.97. The van der Waals surface area contributed by atoms with E-state index >= 15 is 0 Å². The second-order valence-electron chi connectivity index (χ2n) is 9.02. The van der Waals surface area contributed by atoms with Gasteiger partial charge in [-0.05, 0) is 30.9 Å². The standard InChI is InChI=1S/C23H33N5O3S/c1-14-9-7-8-12-16(14)19-25-20-18(22(30)28(3)23(31)27(20)2)21(26-19)32-13-17(29)24-15-10-5-4-6-11-15/h7-9,12,15,18-21,25-26H,4-6,10-11,13H2,1-3H3,(H,24,29). The first kappa shape index (κ1) is 23.1. The summed E-state index contributed by atoms with van der Waals surface area (Å²) in [5, 5.41) is 9.84. The third kappa shape index (κ3) is 4.65. The molecular formula is C23H33N5O3S. The first-order valence-electron chi connectivity index (χ1n) is 11.4. The van der Waals surface area contributed by atoms with Crippen LogP contribution in [0.5, 0.6) is 0 Å². The maximum Gasteiger partial charge on any atom is 0.327 e. The molecule has 4 amide bonds. The van der Waals surface area contributed by atoms with Crippen molar-refractivity contribution in [3.63, 3.8) is 0 Å². The van der Waals surface area contributed by atoms with Crippen molar-refractivity contribution >= 4 is 29.6 Å². The maximum atomic E-state index is 13.1. The normalized spacial score (nSPS) is 29.1. The number of carbonyl (C=O) groups is 3. The lowest BCUT2D eigenvalue weighted by Crippen LogP contribution is -2.72. The number of nitrogens with zero attached hydrogens (tertiary/aromatic N) is 2. The minimum atomic E-state index is -0.490. The summed E-state index contributed by atoms with van der Waals surface area (Å²) in [5.41, 5.74) is 2.18. The van der Waals surface area contributed by atoms with Gasteiger partial charge in [0.1, 0.15) is 0 Å². The van der Waals surface area contributed by atoms with Crippen molar-refractivity contribution < 1.29 is 14.4 Å². The summed E-state index contributed by atoms with van der Waals surface area (Å²) in [4.78, 5) is 41.1. The molecule has 1 aliphatic carbocycles. The monoisotopic (exact) mass is 459 g/mol. The lowest BCUT2D eigenvalue weighted by atomic mass is 9.95. The Hall–Kier alpha value is -2.10. The van der Waals surface area contributed by atoms with Gasteiger partial charge >= 0.3 is 6.03 Å². The summed E-state index contributed by atoms with van der Waals surface area (Å²) in [6.07, 6.45) is 4.97. The molecule has 9 heteroatoms. The van der Waals surface area contributed by atoms with Gasteiger partial charge in [-0.25, -0.2) is 4.79 Å². The molecule has 0 aromatic heterocycles. The molecule has 1 saturated carbocycles. The van der Waals surface area contributed by atoms with Crippen LogP contribution in [0.1, 0.15) is 49.4 Å². The maximum absolute atomic E-state index is 13.1. The molecule has 4 unspecified atom stereocenters. The zero-order valence-corrected chi connectivity index (χ0v) is 19.8. The molecule has 1 aromatic rings. The second-order valence-corrected chi connectivity index (χ2v) is 10.1. The van der Waals surface area contributed by atoms with Crippen molar-refractivity contribution in [2.24, 2.45) is 5.92 Å². The van der Waals surface area contributed by atoms with E-state index < -0.39 is 12.1 Å². The Labute approximate surface area is 193 Å². The number of imide groups is 1. The van der Waals surface area contributed by atoms with Crippen LogP contribution in [-0.4, -0.2) is 65.1 Å². The number of nitrogens with one attached hydrogen (secondary N) is 3. The summed E-state index contributed by atoms with van der Waals surface area (Å²) in [6.45, 7) is 2.04. The molecule has 4 atom stereocenters. The van der Waals surface area contributed by atoms with E-state index in [4.69, 9.17) is 0 Å². The molecule has 3 fully saturated rings. The van der Waals surface area contributed by atoms with Gasteiger partial charge in [-0.2, -0.15) is 0 Å². The summed E-state index contributed by atoms with van der Waals surface area (Å²) in [5.74, 6) is -0.443. The van der Waals surface area contributed by atoms with Crippen molar-refractivity contribution in [3.8, 4) is 0 Å². The predicted octanol–water partition coefficient (Wildman–Crippen LogP) is 2.16. The zero-order chi connectivity index (χ0) is 22.8. The highest BCUT2D eigenvalue weighted by molar-refractivity contribution is 8.00. The van der Waals surface area contributed by atoms with Crippen LogP contribution in [0.3, 0.4) is 0 Å². The van der Waals surface area contributed by atoms with E-state index in [2.05, 4.69) is 16.0 Å². The number of hydrogen-bond acceptors (Lipinski definition) is 6. The third-order valence-electron chi connectivity index (χ3n) is 6.82. The number of fused-ring (bicyclic) bond motifs is 1. The molecule has 32 heavy (non-hydrogen) atoms. The minimum Gasteiger partial charge on any atom is -0.353 e. The highest BCUT2D eigenvalue weighted by Crippen LogP contribution is 2.35. The number of aryl methyl sites for hydroxylation is 1. The fraction of sp³-hybridized carbons (Fsp3) is 0.609. The summed E-state index contributed by atoms with van der Waals surface area (Å²) in [6, 6.07) is 7.98. The van der Waals surface area contributed by atoms with E-state index in [1.807, 2.05) is 31.2 Å². The van der Waals surface area contributed by atoms with Gasteiger partial charge in [0.15, 0.2) is 0 Å². The summed E-state index contributed by atoms with van der Waals surface area (Å²) in [7, 11) is 3.23. The van der Waals surface area contributed by atoms with Crippen molar-refractivity contribution in [1.82, 2.24) is 25.8 Å². The molecule has 4 rings (SSSR count). The molecule has 0 bridgehead atoms. The Bertz CT molecular complexity index is 875. The van der Waals surface area contributed by atoms with Gasteiger partial charge < -0.3 is 10.2 Å². The quantitative estimate of drug-likeness (QED) is 0.625. The van der Waals surface area contributed by atoms with E-state index in [-0.39, 0.29) is 41.2 Å². The Morgan fingerprint density at radius 2 is 1.84 bits per heavy atom. The van der Waals surface area contributed by atoms with E-state index in [1.165, 1.54) is 30.1 Å². The average Bonchev–Trinajstić information content (AvgIpc) is 2.80. The number of rotatable bonds is 5. The molecule has 1 aromatic carbocycles. The number of amides is 4. The van der Waals surface area contributed by atoms with Crippen LogP contribution in [0.2, 0.25) is 0 Å². The molecule has 2 heterocycles. The van der Waals surface area contributed by atoms with Crippen LogP contribution >= 0.6 is 11.8 Å². The van der Waals surface area contributed by atoms with Crippen molar-refractivity contribution in [2.75, 3.05) is 19.8 Å². The smallest absolute Gasteiger partial charge is 0.327 e. The van der Waals surface area contributed by atoms with E-state index in [1.54, 1.807) is 11.9 Å². The average molecular weight is 460 g/mol. The molecule has 2 saturated heterocycles. The van der Waals surface area contributed by atoms with Crippen molar-refractivity contribution in [2.45, 2.75) is 62.8 Å². The highest BCUT2D eigenvalue weighted by atomic mass is 32.2.